The average molecular weight is 679 g/mol. The molecule has 0 unspecified atom stereocenters. The minimum absolute atomic E-state index is 0.784. The highest BCUT2D eigenvalue weighted by Crippen LogP contribution is 2.36. The Morgan fingerprint density at radius 3 is 1.75 bits per heavy atom. The summed E-state index contributed by atoms with van der Waals surface area (Å²) in [7, 11) is 0. The first-order valence-electron chi connectivity index (χ1n) is 18.2. The number of hydrogen-bond donors (Lipinski definition) is 0. The summed E-state index contributed by atoms with van der Waals surface area (Å²) >= 11 is 0. The molecule has 4 heteroatoms. The van der Waals surface area contributed by atoms with Gasteiger partial charge in [-0.2, -0.15) is 0 Å². The lowest BCUT2D eigenvalue weighted by Crippen LogP contribution is -2.02. The van der Waals surface area contributed by atoms with Crippen LogP contribution in [0.15, 0.2) is 182 Å². The van der Waals surface area contributed by atoms with E-state index >= 15 is 0 Å². The molecule has 0 bridgehead atoms. The molecule has 0 amide bonds. The zero-order chi connectivity index (χ0) is 35.1. The van der Waals surface area contributed by atoms with E-state index in [2.05, 4.69) is 180 Å². The summed E-state index contributed by atoms with van der Waals surface area (Å²) in [6.45, 7) is 0. The fourth-order valence-electron chi connectivity index (χ4n) is 7.62. The molecule has 6 aromatic carbocycles. The molecule has 3 heterocycles. The van der Waals surface area contributed by atoms with E-state index in [9.17, 15) is 0 Å². The average Bonchev–Trinajstić information content (AvgIpc) is 3.64. The number of aromatic nitrogens is 4. The van der Waals surface area contributed by atoms with Crippen molar-refractivity contribution >= 4 is 38.6 Å². The van der Waals surface area contributed by atoms with Crippen molar-refractivity contribution in [1.82, 2.24) is 19.4 Å². The van der Waals surface area contributed by atoms with Crippen LogP contribution < -0.4 is 0 Å². The molecular formula is C49H34N4. The van der Waals surface area contributed by atoms with Gasteiger partial charge >= 0.3 is 0 Å². The van der Waals surface area contributed by atoms with Crippen molar-refractivity contribution in [3.05, 3.63) is 193 Å². The predicted octanol–water partition coefficient (Wildman–Crippen LogP) is 12.4. The van der Waals surface area contributed by atoms with E-state index in [4.69, 9.17) is 15.0 Å². The summed E-state index contributed by atoms with van der Waals surface area (Å²) in [6.07, 6.45) is 6.28. The zero-order valence-corrected chi connectivity index (χ0v) is 29.0. The van der Waals surface area contributed by atoms with Crippen LogP contribution in [-0.4, -0.2) is 19.4 Å². The second kappa shape index (κ2) is 13.0. The number of allylic oxidation sites excluding steroid dienone is 4. The first-order chi connectivity index (χ1) is 26.2. The first kappa shape index (κ1) is 30.9. The maximum atomic E-state index is 5.19. The van der Waals surface area contributed by atoms with Crippen molar-refractivity contribution in [3.8, 4) is 44.9 Å². The molecule has 3 aromatic heterocycles. The largest absolute Gasteiger partial charge is 0.306 e. The summed E-state index contributed by atoms with van der Waals surface area (Å²) < 4.78 is 2.34. The number of para-hydroxylation sites is 3. The Labute approximate surface area is 308 Å². The summed E-state index contributed by atoms with van der Waals surface area (Å²) in [6, 6.07) is 59.8. The number of nitrogens with zero attached hydrogens (tertiary/aromatic N) is 4. The van der Waals surface area contributed by atoms with Gasteiger partial charge in [-0.05, 0) is 77.1 Å². The minimum Gasteiger partial charge on any atom is -0.306 e. The highest BCUT2D eigenvalue weighted by molar-refractivity contribution is 5.98. The Morgan fingerprint density at radius 1 is 0.377 bits per heavy atom. The normalized spacial score (nSPS) is 13.0. The van der Waals surface area contributed by atoms with Crippen LogP contribution in [0.2, 0.25) is 0 Å². The van der Waals surface area contributed by atoms with Gasteiger partial charge in [0.2, 0.25) is 0 Å². The van der Waals surface area contributed by atoms with E-state index < -0.39 is 0 Å². The Morgan fingerprint density at radius 2 is 0.981 bits per heavy atom. The van der Waals surface area contributed by atoms with Crippen LogP contribution in [0.4, 0.5) is 0 Å². The standard InChI is InChI=1S/C49H34N4/c1-3-12-33(13-4-1)34-24-28-38(29-25-34)49-51-43(36-14-5-2-6-15-36)32-44(52-49)40-18-11-17-39(30-40)35-22-26-37(27-23-35)48-47-31-41-16-7-9-20-45(41)53(47)46-21-10-8-19-42(46)50-48/h1-24,26-28,30-32H,25,29H2. The van der Waals surface area contributed by atoms with E-state index in [-0.39, 0.29) is 0 Å². The number of fused-ring (bicyclic) bond motifs is 5. The lowest BCUT2D eigenvalue weighted by molar-refractivity contribution is 1.02. The predicted molar refractivity (Wildman–Crippen MR) is 219 cm³/mol. The molecular weight excluding hydrogens is 645 g/mol. The van der Waals surface area contributed by atoms with Crippen molar-refractivity contribution in [2.75, 3.05) is 0 Å². The van der Waals surface area contributed by atoms with E-state index in [0.29, 0.717) is 0 Å². The van der Waals surface area contributed by atoms with Gasteiger partial charge in [-0.15, -0.1) is 0 Å². The Kier molecular flexibility index (Phi) is 7.58. The Bertz CT molecular complexity index is 2860. The molecule has 0 saturated carbocycles. The summed E-state index contributed by atoms with van der Waals surface area (Å²) in [5, 5.41) is 1.21. The molecule has 0 spiro atoms. The van der Waals surface area contributed by atoms with Gasteiger partial charge in [0.25, 0.3) is 0 Å². The molecule has 0 N–H and O–H groups in total. The van der Waals surface area contributed by atoms with Crippen LogP contribution in [0.25, 0.3) is 83.5 Å². The summed E-state index contributed by atoms with van der Waals surface area (Å²) in [5.74, 6) is 0.784. The second-order valence-electron chi connectivity index (χ2n) is 13.6. The molecule has 0 radical (unpaired) electrons. The molecule has 1 aliphatic rings. The van der Waals surface area contributed by atoms with E-state index in [1.165, 1.54) is 22.0 Å². The fraction of sp³-hybridized carbons (Fsp3) is 0.0408. The molecule has 0 saturated heterocycles. The van der Waals surface area contributed by atoms with Gasteiger partial charge in [0.05, 0.1) is 39.1 Å². The van der Waals surface area contributed by atoms with E-state index in [1.807, 2.05) is 6.07 Å². The quantitative estimate of drug-likeness (QED) is 0.176. The maximum absolute atomic E-state index is 5.19. The third-order valence-electron chi connectivity index (χ3n) is 10.3. The number of hydrogen-bond acceptors (Lipinski definition) is 3. The molecule has 4 nitrogen and oxygen atoms in total. The van der Waals surface area contributed by atoms with Crippen molar-refractivity contribution < 1.29 is 0 Å². The van der Waals surface area contributed by atoms with Crippen molar-refractivity contribution in [2.24, 2.45) is 0 Å². The van der Waals surface area contributed by atoms with Gasteiger partial charge in [-0.1, -0.05) is 146 Å². The highest BCUT2D eigenvalue weighted by atomic mass is 14.9. The van der Waals surface area contributed by atoms with Crippen LogP contribution >= 0.6 is 0 Å². The van der Waals surface area contributed by atoms with E-state index in [0.717, 1.165) is 85.7 Å². The van der Waals surface area contributed by atoms with Crippen molar-refractivity contribution in [1.29, 1.82) is 0 Å². The van der Waals surface area contributed by atoms with Crippen molar-refractivity contribution in [2.45, 2.75) is 12.8 Å². The van der Waals surface area contributed by atoms with Crippen molar-refractivity contribution in [3.63, 3.8) is 0 Å². The molecule has 10 rings (SSSR count). The topological polar surface area (TPSA) is 43.1 Å². The molecule has 0 atom stereocenters. The van der Waals surface area contributed by atoms with Crippen LogP contribution in [-0.2, 0) is 0 Å². The monoisotopic (exact) mass is 678 g/mol. The number of rotatable bonds is 6. The van der Waals surface area contributed by atoms with Gasteiger partial charge < -0.3 is 4.40 Å². The lowest BCUT2D eigenvalue weighted by atomic mass is 9.92. The smallest absolute Gasteiger partial charge is 0.156 e. The summed E-state index contributed by atoms with van der Waals surface area (Å²) in [4.78, 5) is 15.5. The molecule has 0 aliphatic heterocycles. The zero-order valence-electron chi connectivity index (χ0n) is 29.0. The van der Waals surface area contributed by atoms with Crippen LogP contribution in [0.3, 0.4) is 0 Å². The van der Waals surface area contributed by atoms with Gasteiger partial charge in [0, 0.05) is 22.1 Å². The number of benzene rings is 6. The Balaban J connectivity index is 1.02. The van der Waals surface area contributed by atoms with Crippen LogP contribution in [0, 0.1) is 0 Å². The molecule has 0 fully saturated rings. The molecule has 53 heavy (non-hydrogen) atoms. The second-order valence-corrected chi connectivity index (χ2v) is 13.6. The third kappa shape index (κ3) is 5.71. The van der Waals surface area contributed by atoms with Gasteiger partial charge in [0.1, 0.15) is 0 Å². The molecule has 9 aromatic rings. The third-order valence-corrected chi connectivity index (χ3v) is 10.3. The Hall–Kier alpha value is -6.91. The van der Waals surface area contributed by atoms with E-state index in [1.54, 1.807) is 0 Å². The fourth-order valence-corrected chi connectivity index (χ4v) is 7.62. The van der Waals surface area contributed by atoms with Crippen LogP contribution in [0.5, 0.6) is 0 Å². The molecule has 250 valence electrons. The van der Waals surface area contributed by atoms with Gasteiger partial charge in [0.15, 0.2) is 5.82 Å². The highest BCUT2D eigenvalue weighted by Gasteiger charge is 2.17. The first-order valence-corrected chi connectivity index (χ1v) is 18.2. The minimum atomic E-state index is 0.784. The molecule has 1 aliphatic carbocycles. The van der Waals surface area contributed by atoms with Crippen LogP contribution in [0.1, 0.15) is 24.2 Å². The maximum Gasteiger partial charge on any atom is 0.156 e. The van der Waals surface area contributed by atoms with Gasteiger partial charge in [-0.3, -0.25) is 0 Å². The van der Waals surface area contributed by atoms with Gasteiger partial charge in [-0.25, -0.2) is 15.0 Å². The lowest BCUT2D eigenvalue weighted by Gasteiger charge is -2.16. The summed E-state index contributed by atoms with van der Waals surface area (Å²) in [5.41, 5.74) is 16.4. The SMILES string of the molecule is C1=C(c2ccccc2)CCC(c2nc(-c3ccccc3)cc(-c3cccc(-c4ccc(-c5nc6ccccc6n6c5cc5ccccc56)cc4)c3)n2)=C1.